The van der Waals surface area contributed by atoms with Crippen molar-refractivity contribution in [1.29, 1.82) is 0 Å². The van der Waals surface area contributed by atoms with E-state index in [2.05, 4.69) is 15.5 Å². The smallest absolute Gasteiger partial charge is 0.450 e. The number of piperidine rings is 1. The van der Waals surface area contributed by atoms with Crippen molar-refractivity contribution < 1.29 is 34.1 Å². The third-order valence-corrected chi connectivity index (χ3v) is 8.90. The van der Waals surface area contributed by atoms with Crippen LogP contribution in [0, 0.1) is 16.7 Å². The second-order valence-corrected chi connectivity index (χ2v) is 13.5. The average molecular weight is 611 g/mol. The quantitative estimate of drug-likeness (QED) is 0.295. The predicted octanol–water partition coefficient (Wildman–Crippen LogP) is 3.53. The molecule has 0 radical (unpaired) electrons. The van der Waals surface area contributed by atoms with Crippen molar-refractivity contribution in [2.24, 2.45) is 16.7 Å². The number of urea groups is 1. The van der Waals surface area contributed by atoms with Gasteiger partial charge in [0.1, 0.15) is 12.1 Å². The van der Waals surface area contributed by atoms with Gasteiger partial charge in [0, 0.05) is 55.1 Å². The lowest BCUT2D eigenvalue weighted by Gasteiger charge is -2.51. The van der Waals surface area contributed by atoms with Crippen molar-refractivity contribution >= 4 is 29.7 Å². The van der Waals surface area contributed by atoms with Gasteiger partial charge in [-0.25, -0.2) is 9.59 Å². The van der Waals surface area contributed by atoms with Crippen LogP contribution in [0.5, 0.6) is 0 Å². The largest absolute Gasteiger partial charge is 0.506 e. The number of carbonyl (C=O) groups excluding carboxylic acids is 2. The van der Waals surface area contributed by atoms with Gasteiger partial charge in [-0.05, 0) is 30.0 Å². The second kappa shape index (κ2) is 13.8. The van der Waals surface area contributed by atoms with Crippen LogP contribution in [0.1, 0.15) is 53.5 Å². The zero-order valence-electron chi connectivity index (χ0n) is 25.6. The maximum Gasteiger partial charge on any atom is 0.506 e. The van der Waals surface area contributed by atoms with Gasteiger partial charge in [-0.1, -0.05) is 65.3 Å². The zero-order chi connectivity index (χ0) is 31.3. The average Bonchev–Trinajstić information content (AvgIpc) is 2.92. The minimum Gasteiger partial charge on any atom is -0.450 e. The summed E-state index contributed by atoms with van der Waals surface area (Å²) in [6.07, 6.45) is -1.72. The Bertz CT molecular complexity index is 1090. The number of hydrogen-bond donors (Lipinski definition) is 4. The van der Waals surface area contributed by atoms with Gasteiger partial charge in [-0.3, -0.25) is 9.69 Å². The lowest BCUT2D eigenvalue weighted by atomic mass is 9.66. The maximum absolute atomic E-state index is 13.7. The Labute approximate surface area is 253 Å². The number of amides is 3. The summed E-state index contributed by atoms with van der Waals surface area (Å²) < 4.78 is 10.6. The highest BCUT2D eigenvalue weighted by Gasteiger charge is 2.50. The fraction of sp³-hybridized carbons (Fsp3) is 0.700. The molecule has 2 aliphatic rings. The number of halogens is 1. The van der Waals surface area contributed by atoms with Crippen molar-refractivity contribution in [3.8, 4) is 0 Å². The van der Waals surface area contributed by atoms with Gasteiger partial charge in [-0.2, -0.15) is 0 Å². The Morgan fingerprint density at radius 1 is 1.12 bits per heavy atom. The molecule has 2 aliphatic heterocycles. The standard InChI is InChI=1S/C30H47ClN4O7/c1-20(2)24(25(36)35-12-11-30(40,29(5,6)19-35)21-7-9-22(31)10-8-21)33-26(37)32-18-28(3,4)23(42-27(38)39)17-34-13-15-41-16-14-34/h7-10,20,23-24,40H,11-19H2,1-6H3,(H,38,39)(H2,32,33,37)/t23?,24-,30+/m1/s1. The summed E-state index contributed by atoms with van der Waals surface area (Å²) in [6, 6.07) is 5.83. The molecule has 0 saturated carbocycles. The topological polar surface area (TPSA) is 141 Å². The van der Waals surface area contributed by atoms with Crippen molar-refractivity contribution in [2.45, 2.75) is 65.7 Å². The molecule has 0 aliphatic carbocycles. The molecule has 11 nitrogen and oxygen atoms in total. The van der Waals surface area contributed by atoms with Crippen LogP contribution in [0.2, 0.25) is 5.02 Å². The van der Waals surface area contributed by atoms with E-state index in [9.17, 15) is 24.6 Å². The van der Waals surface area contributed by atoms with Gasteiger partial charge >= 0.3 is 12.2 Å². The number of carbonyl (C=O) groups is 3. The Kier molecular flexibility index (Phi) is 11.1. The number of morpholine rings is 1. The highest BCUT2D eigenvalue weighted by Crippen LogP contribution is 2.46. The van der Waals surface area contributed by atoms with E-state index in [-0.39, 0.29) is 18.4 Å². The monoisotopic (exact) mass is 610 g/mol. The molecule has 0 spiro atoms. The summed E-state index contributed by atoms with van der Waals surface area (Å²) in [7, 11) is 0. The van der Waals surface area contributed by atoms with Gasteiger partial charge in [0.2, 0.25) is 5.91 Å². The molecule has 3 amide bonds. The molecule has 1 unspecified atom stereocenters. The summed E-state index contributed by atoms with van der Waals surface area (Å²) in [5.74, 6) is -0.411. The number of rotatable bonds is 10. The molecule has 12 heteroatoms. The van der Waals surface area contributed by atoms with Crippen molar-refractivity contribution in [1.82, 2.24) is 20.4 Å². The Balaban J connectivity index is 1.63. The molecule has 2 saturated heterocycles. The minimum absolute atomic E-state index is 0.130. The van der Waals surface area contributed by atoms with Crippen LogP contribution in [0.3, 0.4) is 0 Å². The number of hydrogen-bond acceptors (Lipinski definition) is 7. The normalized spacial score (nSPS) is 22.7. The van der Waals surface area contributed by atoms with Crippen LogP contribution in [0.15, 0.2) is 24.3 Å². The van der Waals surface area contributed by atoms with Gasteiger partial charge in [-0.15, -0.1) is 0 Å². The predicted molar refractivity (Wildman–Crippen MR) is 159 cm³/mol. The van der Waals surface area contributed by atoms with Crippen LogP contribution in [0.4, 0.5) is 9.59 Å². The SMILES string of the molecule is CC(C)[C@@H](NC(=O)NCC(C)(C)C(CN1CCOCC1)OC(=O)O)C(=O)N1CC[C@](O)(c2ccc(Cl)cc2)C(C)(C)C1. The first-order chi connectivity index (χ1) is 19.6. The Morgan fingerprint density at radius 3 is 2.29 bits per heavy atom. The third kappa shape index (κ3) is 8.27. The summed E-state index contributed by atoms with van der Waals surface area (Å²) >= 11 is 6.05. The summed E-state index contributed by atoms with van der Waals surface area (Å²) in [6.45, 7) is 14.9. The Hall–Kier alpha value is -2.60. The number of carboxylic acid groups (broad SMARTS) is 1. The second-order valence-electron chi connectivity index (χ2n) is 13.1. The van der Waals surface area contributed by atoms with E-state index in [4.69, 9.17) is 21.1 Å². The Morgan fingerprint density at radius 2 is 1.74 bits per heavy atom. The molecule has 1 aromatic rings. The summed E-state index contributed by atoms with van der Waals surface area (Å²) in [5.41, 5.74) is -1.78. The number of likely N-dealkylation sites (tertiary alicyclic amines) is 1. The van der Waals surface area contributed by atoms with E-state index in [0.717, 1.165) is 5.56 Å². The fourth-order valence-corrected chi connectivity index (χ4v) is 5.81. The molecule has 1 aromatic carbocycles. The lowest BCUT2D eigenvalue weighted by Crippen LogP contribution is -2.61. The number of nitrogens with one attached hydrogen (secondary N) is 2. The van der Waals surface area contributed by atoms with E-state index in [1.165, 1.54) is 0 Å². The summed E-state index contributed by atoms with van der Waals surface area (Å²) in [4.78, 5) is 42.0. The van der Waals surface area contributed by atoms with Gasteiger partial charge < -0.3 is 35.2 Å². The van der Waals surface area contributed by atoms with Crippen LogP contribution in [-0.4, -0.2) is 103 Å². The number of nitrogens with zero attached hydrogens (tertiary/aromatic N) is 2. The molecule has 3 atom stereocenters. The molecule has 236 valence electrons. The molecule has 2 heterocycles. The molecule has 3 rings (SSSR count). The molecule has 0 aromatic heterocycles. The van der Waals surface area contributed by atoms with E-state index in [1.54, 1.807) is 17.0 Å². The highest BCUT2D eigenvalue weighted by atomic mass is 35.5. The van der Waals surface area contributed by atoms with Gasteiger partial charge in [0.05, 0.1) is 18.8 Å². The first kappa shape index (κ1) is 33.9. The van der Waals surface area contributed by atoms with E-state index >= 15 is 0 Å². The third-order valence-electron chi connectivity index (χ3n) is 8.65. The molecule has 0 bridgehead atoms. The summed E-state index contributed by atoms with van der Waals surface area (Å²) in [5, 5.41) is 27.3. The van der Waals surface area contributed by atoms with E-state index in [0.29, 0.717) is 57.4 Å². The first-order valence-corrected chi connectivity index (χ1v) is 14.9. The highest BCUT2D eigenvalue weighted by molar-refractivity contribution is 6.30. The number of ether oxygens (including phenoxy) is 2. The van der Waals surface area contributed by atoms with Crippen LogP contribution in [0.25, 0.3) is 0 Å². The van der Waals surface area contributed by atoms with Gasteiger partial charge in [0.25, 0.3) is 0 Å². The first-order valence-electron chi connectivity index (χ1n) is 14.6. The molecule has 4 N–H and O–H groups in total. The van der Waals surface area contributed by atoms with Crippen LogP contribution >= 0.6 is 11.6 Å². The zero-order valence-corrected chi connectivity index (χ0v) is 26.4. The van der Waals surface area contributed by atoms with Crippen molar-refractivity contribution in [2.75, 3.05) is 52.5 Å². The maximum atomic E-state index is 13.7. The molecular weight excluding hydrogens is 564 g/mol. The van der Waals surface area contributed by atoms with Crippen molar-refractivity contribution in [3.63, 3.8) is 0 Å². The number of benzene rings is 1. The molecular formula is C30H47ClN4O7. The van der Waals surface area contributed by atoms with Crippen molar-refractivity contribution in [3.05, 3.63) is 34.9 Å². The lowest BCUT2D eigenvalue weighted by molar-refractivity contribution is -0.155. The van der Waals surface area contributed by atoms with E-state index in [1.807, 2.05) is 53.7 Å². The molecule has 42 heavy (non-hydrogen) atoms. The molecule has 2 fully saturated rings. The number of aliphatic hydroxyl groups is 1. The minimum atomic E-state index is -1.37. The van der Waals surface area contributed by atoms with Gasteiger partial charge in [0.15, 0.2) is 0 Å². The fourth-order valence-electron chi connectivity index (χ4n) is 5.68. The van der Waals surface area contributed by atoms with Crippen LogP contribution < -0.4 is 10.6 Å². The van der Waals surface area contributed by atoms with E-state index < -0.39 is 40.8 Å². The van der Waals surface area contributed by atoms with Crippen LogP contribution in [-0.2, 0) is 19.9 Å².